The van der Waals surface area contributed by atoms with Gasteiger partial charge in [0.05, 0.1) is 49.1 Å². The van der Waals surface area contributed by atoms with Crippen LogP contribution in [0.4, 0.5) is 0 Å². The number of hydrogen-bond donors (Lipinski definition) is 0. The Balaban J connectivity index is 3.41. The van der Waals surface area contributed by atoms with Gasteiger partial charge in [-0.2, -0.15) is 0 Å². The van der Waals surface area contributed by atoms with Gasteiger partial charge in [-0.15, -0.1) is 0 Å². The van der Waals surface area contributed by atoms with Gasteiger partial charge < -0.3 is 28.4 Å². The monoisotopic (exact) mass is 502 g/mol. The van der Waals surface area contributed by atoms with Crippen LogP contribution in [0, 0.1) is 23.7 Å². The molecule has 0 N–H and O–H groups in total. The molecule has 0 bridgehead atoms. The lowest BCUT2D eigenvalue weighted by Crippen LogP contribution is -2.41. The van der Waals surface area contributed by atoms with E-state index < -0.39 is 72.0 Å². The molecule has 0 saturated heterocycles. The van der Waals surface area contributed by atoms with E-state index >= 15 is 0 Å². The maximum Gasteiger partial charge on any atom is 0.311 e. The SMILES string of the molecule is CCC(C)OC(=O)C1CC(C(=O)OC(C)CC)C(C(=O)OC(C)COC)C1C(=O)OC(C)COC. The van der Waals surface area contributed by atoms with E-state index in [4.69, 9.17) is 28.4 Å². The molecular formula is C25H42O10. The van der Waals surface area contributed by atoms with E-state index in [1.54, 1.807) is 27.7 Å². The third-order valence-corrected chi connectivity index (χ3v) is 6.13. The Morgan fingerprint density at radius 3 is 1.20 bits per heavy atom. The molecule has 1 fully saturated rings. The van der Waals surface area contributed by atoms with Crippen molar-refractivity contribution in [1.29, 1.82) is 0 Å². The summed E-state index contributed by atoms with van der Waals surface area (Å²) in [7, 11) is 2.93. The van der Waals surface area contributed by atoms with Gasteiger partial charge in [0.2, 0.25) is 0 Å². The van der Waals surface area contributed by atoms with E-state index in [0.717, 1.165) is 0 Å². The molecular weight excluding hydrogens is 460 g/mol. The molecule has 0 radical (unpaired) electrons. The van der Waals surface area contributed by atoms with E-state index in [-0.39, 0.29) is 19.6 Å². The van der Waals surface area contributed by atoms with Crippen molar-refractivity contribution in [3.63, 3.8) is 0 Å². The fraction of sp³-hybridized carbons (Fsp3) is 0.840. The molecule has 1 aliphatic carbocycles. The van der Waals surface area contributed by atoms with Gasteiger partial charge in [-0.25, -0.2) is 0 Å². The Morgan fingerprint density at radius 2 is 0.914 bits per heavy atom. The van der Waals surface area contributed by atoms with Gasteiger partial charge in [-0.05, 0) is 47.0 Å². The highest BCUT2D eigenvalue weighted by atomic mass is 16.6. The Bertz CT molecular complexity index is 650. The van der Waals surface area contributed by atoms with Crippen LogP contribution in [-0.2, 0) is 47.6 Å². The quantitative estimate of drug-likeness (QED) is 0.259. The second-order valence-corrected chi connectivity index (χ2v) is 9.22. The molecule has 8 atom stereocenters. The van der Waals surface area contributed by atoms with Crippen LogP contribution in [0.25, 0.3) is 0 Å². The summed E-state index contributed by atoms with van der Waals surface area (Å²) in [6.45, 7) is 10.7. The summed E-state index contributed by atoms with van der Waals surface area (Å²) < 4.78 is 32.0. The number of hydrogen-bond acceptors (Lipinski definition) is 10. The lowest BCUT2D eigenvalue weighted by molar-refractivity contribution is -0.175. The summed E-state index contributed by atoms with van der Waals surface area (Å²) in [5.74, 6) is -7.61. The van der Waals surface area contributed by atoms with Gasteiger partial charge >= 0.3 is 23.9 Å². The lowest BCUT2D eigenvalue weighted by atomic mass is 9.86. The van der Waals surface area contributed by atoms with Crippen LogP contribution in [-0.4, -0.2) is 75.7 Å². The van der Waals surface area contributed by atoms with Crippen LogP contribution in [0.3, 0.4) is 0 Å². The average molecular weight is 503 g/mol. The fourth-order valence-corrected chi connectivity index (χ4v) is 4.00. The van der Waals surface area contributed by atoms with Crippen LogP contribution in [0.5, 0.6) is 0 Å². The number of carbonyl (C=O) groups is 4. The van der Waals surface area contributed by atoms with Crippen molar-refractivity contribution in [2.45, 2.75) is 85.2 Å². The van der Waals surface area contributed by atoms with Gasteiger partial charge in [-0.1, -0.05) is 13.8 Å². The molecule has 0 aromatic heterocycles. The highest BCUT2D eigenvalue weighted by molar-refractivity contribution is 5.93. The van der Waals surface area contributed by atoms with E-state index in [1.807, 2.05) is 13.8 Å². The van der Waals surface area contributed by atoms with Crippen molar-refractivity contribution in [2.24, 2.45) is 23.7 Å². The van der Waals surface area contributed by atoms with Crippen molar-refractivity contribution in [3.05, 3.63) is 0 Å². The van der Waals surface area contributed by atoms with E-state index in [0.29, 0.717) is 12.8 Å². The Hall–Kier alpha value is -2.20. The maximum atomic E-state index is 13.3. The molecule has 1 saturated carbocycles. The van der Waals surface area contributed by atoms with Gasteiger partial charge in [0.15, 0.2) is 0 Å². The molecule has 10 heteroatoms. The Kier molecular flexibility index (Phi) is 13.2. The van der Waals surface area contributed by atoms with E-state index in [9.17, 15) is 19.2 Å². The first-order valence-electron chi connectivity index (χ1n) is 12.3. The van der Waals surface area contributed by atoms with Gasteiger partial charge in [0.1, 0.15) is 12.2 Å². The van der Waals surface area contributed by atoms with Gasteiger partial charge in [0, 0.05) is 14.2 Å². The highest BCUT2D eigenvalue weighted by Crippen LogP contribution is 2.45. The van der Waals surface area contributed by atoms with Crippen molar-refractivity contribution < 1.29 is 47.6 Å². The number of methoxy groups -OCH3 is 2. The number of ether oxygens (including phenoxy) is 6. The minimum absolute atomic E-state index is 0.0958. The Morgan fingerprint density at radius 1 is 0.600 bits per heavy atom. The van der Waals surface area contributed by atoms with Crippen LogP contribution < -0.4 is 0 Å². The molecule has 1 rings (SSSR count). The largest absolute Gasteiger partial charge is 0.462 e. The number of carbonyl (C=O) groups excluding carboxylic acids is 4. The summed E-state index contributed by atoms with van der Waals surface area (Å²) in [5.41, 5.74) is 0. The summed E-state index contributed by atoms with van der Waals surface area (Å²) >= 11 is 0. The zero-order valence-electron chi connectivity index (χ0n) is 22.2. The summed E-state index contributed by atoms with van der Waals surface area (Å²) in [6.07, 6.45) is -1.02. The molecule has 0 heterocycles. The maximum absolute atomic E-state index is 13.3. The average Bonchev–Trinajstić information content (AvgIpc) is 3.20. The van der Waals surface area contributed by atoms with Crippen molar-refractivity contribution >= 4 is 23.9 Å². The normalized spacial score (nSPS) is 25.1. The summed E-state index contributed by atoms with van der Waals surface area (Å²) in [4.78, 5) is 52.8. The zero-order valence-corrected chi connectivity index (χ0v) is 22.2. The summed E-state index contributed by atoms with van der Waals surface area (Å²) in [5, 5.41) is 0. The zero-order chi connectivity index (χ0) is 26.7. The molecule has 35 heavy (non-hydrogen) atoms. The first-order valence-corrected chi connectivity index (χ1v) is 12.3. The molecule has 202 valence electrons. The molecule has 0 aromatic carbocycles. The second kappa shape index (κ2) is 15.0. The van der Waals surface area contributed by atoms with Crippen molar-refractivity contribution in [3.8, 4) is 0 Å². The fourth-order valence-electron chi connectivity index (χ4n) is 4.00. The van der Waals surface area contributed by atoms with Crippen LogP contribution in [0.2, 0.25) is 0 Å². The third-order valence-electron chi connectivity index (χ3n) is 6.13. The van der Waals surface area contributed by atoms with Crippen molar-refractivity contribution in [1.82, 2.24) is 0 Å². The molecule has 0 aromatic rings. The predicted molar refractivity (Wildman–Crippen MR) is 125 cm³/mol. The summed E-state index contributed by atoms with van der Waals surface area (Å²) in [6, 6.07) is 0. The standard InChI is InChI=1S/C25H42O10/c1-9-14(3)32-22(26)18-11-19(23(27)33-15(4)10-2)21(25(29)35-17(6)13-31-8)20(18)24(28)34-16(5)12-30-7/h14-21H,9-13H2,1-8H3. The lowest BCUT2D eigenvalue weighted by Gasteiger charge is -2.26. The third kappa shape index (κ3) is 9.07. The highest BCUT2D eigenvalue weighted by Gasteiger charge is 2.58. The van der Waals surface area contributed by atoms with Crippen LogP contribution in [0.15, 0.2) is 0 Å². The van der Waals surface area contributed by atoms with E-state index in [1.165, 1.54) is 14.2 Å². The van der Waals surface area contributed by atoms with Gasteiger partial charge in [-0.3, -0.25) is 19.2 Å². The minimum atomic E-state index is -1.28. The molecule has 8 unspecified atom stereocenters. The van der Waals surface area contributed by atoms with Crippen LogP contribution >= 0.6 is 0 Å². The molecule has 0 spiro atoms. The molecule has 0 amide bonds. The molecule has 10 nitrogen and oxygen atoms in total. The molecule has 0 aliphatic heterocycles. The topological polar surface area (TPSA) is 124 Å². The minimum Gasteiger partial charge on any atom is -0.462 e. The van der Waals surface area contributed by atoms with E-state index in [2.05, 4.69) is 0 Å². The first-order chi connectivity index (χ1) is 16.5. The van der Waals surface area contributed by atoms with Crippen LogP contribution in [0.1, 0.15) is 60.8 Å². The predicted octanol–water partition coefficient (Wildman–Crippen LogP) is 2.69. The number of rotatable bonds is 14. The molecule has 1 aliphatic rings. The van der Waals surface area contributed by atoms with Gasteiger partial charge in [0.25, 0.3) is 0 Å². The second-order valence-electron chi connectivity index (χ2n) is 9.22. The number of esters is 4. The Labute approximate surface area is 208 Å². The first kappa shape index (κ1) is 30.8. The smallest absolute Gasteiger partial charge is 0.311 e. The van der Waals surface area contributed by atoms with Crippen molar-refractivity contribution in [2.75, 3.05) is 27.4 Å².